The second kappa shape index (κ2) is 7.75. The fourth-order valence-corrected chi connectivity index (χ4v) is 1.21. The van der Waals surface area contributed by atoms with Crippen LogP contribution in [-0.4, -0.2) is 61.4 Å². The Morgan fingerprint density at radius 2 is 1.83 bits per heavy atom. The fourth-order valence-electron chi connectivity index (χ4n) is 1.21. The monoisotopic (exact) mass is 271 g/mol. The Balaban J connectivity index is 0.000000360. The van der Waals surface area contributed by atoms with Crippen molar-refractivity contribution in [2.45, 2.75) is 12.6 Å². The minimum Gasteiger partial charge on any atom is -0.475 e. The molecule has 0 aromatic carbocycles. The summed E-state index contributed by atoms with van der Waals surface area (Å²) in [6.45, 7) is 3.62. The lowest BCUT2D eigenvalue weighted by molar-refractivity contribution is -0.192. The van der Waals surface area contributed by atoms with E-state index in [1.165, 1.54) is 0 Å². The molecule has 1 saturated heterocycles. The summed E-state index contributed by atoms with van der Waals surface area (Å²) < 4.78 is 31.7. The average Bonchev–Trinajstić information content (AvgIpc) is 2.56. The van der Waals surface area contributed by atoms with Crippen LogP contribution in [-0.2, 0) is 4.79 Å². The Morgan fingerprint density at radius 1 is 1.28 bits per heavy atom. The number of rotatable bonds is 0. The summed E-state index contributed by atoms with van der Waals surface area (Å²) >= 11 is 0. The van der Waals surface area contributed by atoms with E-state index < -0.39 is 12.1 Å². The van der Waals surface area contributed by atoms with Crippen LogP contribution in [0, 0.1) is 0 Å². The van der Waals surface area contributed by atoms with Gasteiger partial charge in [-0.2, -0.15) is 13.2 Å². The van der Waals surface area contributed by atoms with Gasteiger partial charge in [0.15, 0.2) is 0 Å². The molecule has 2 amide bonds. The van der Waals surface area contributed by atoms with Gasteiger partial charge in [0, 0.05) is 26.7 Å². The SMILES string of the molecule is CNC(=O)N1CCCNCC1.O=C(O)C(F)(F)F. The molecule has 1 aliphatic heterocycles. The Morgan fingerprint density at radius 3 is 2.28 bits per heavy atom. The number of nitrogens with one attached hydrogen (secondary N) is 2. The summed E-state index contributed by atoms with van der Waals surface area (Å²) in [7, 11) is 1.67. The molecule has 0 unspecified atom stereocenters. The second-order valence-corrected chi connectivity index (χ2v) is 3.45. The number of urea groups is 1. The summed E-state index contributed by atoms with van der Waals surface area (Å²) in [5.74, 6) is -2.76. The number of nitrogens with zero attached hydrogens (tertiary/aromatic N) is 1. The first kappa shape index (κ1) is 16.5. The molecule has 0 aliphatic carbocycles. The van der Waals surface area contributed by atoms with Crippen molar-refractivity contribution in [3.63, 3.8) is 0 Å². The molecular formula is C9H16F3N3O3. The summed E-state index contributed by atoms with van der Waals surface area (Å²) in [5, 5.41) is 13.0. The Kier molecular flexibility index (Phi) is 7.10. The third kappa shape index (κ3) is 6.94. The normalized spacial score (nSPS) is 16.1. The van der Waals surface area contributed by atoms with Crippen LogP contribution in [0.5, 0.6) is 0 Å². The molecule has 1 aliphatic rings. The first-order valence-electron chi connectivity index (χ1n) is 5.26. The van der Waals surface area contributed by atoms with Gasteiger partial charge >= 0.3 is 18.2 Å². The minimum atomic E-state index is -5.08. The van der Waals surface area contributed by atoms with Gasteiger partial charge in [0.25, 0.3) is 0 Å². The molecule has 0 bridgehead atoms. The molecule has 0 aromatic rings. The predicted molar refractivity (Wildman–Crippen MR) is 57.2 cm³/mol. The molecular weight excluding hydrogens is 255 g/mol. The fraction of sp³-hybridized carbons (Fsp3) is 0.778. The van der Waals surface area contributed by atoms with Crippen molar-refractivity contribution < 1.29 is 27.9 Å². The molecule has 6 nitrogen and oxygen atoms in total. The highest BCUT2D eigenvalue weighted by Crippen LogP contribution is 2.13. The van der Waals surface area contributed by atoms with E-state index in [9.17, 15) is 18.0 Å². The second-order valence-electron chi connectivity index (χ2n) is 3.45. The van der Waals surface area contributed by atoms with E-state index in [1.807, 2.05) is 4.90 Å². The van der Waals surface area contributed by atoms with Crippen molar-refractivity contribution in [2.24, 2.45) is 0 Å². The number of carbonyl (C=O) groups excluding carboxylic acids is 1. The number of amides is 2. The molecule has 106 valence electrons. The topological polar surface area (TPSA) is 81.7 Å². The van der Waals surface area contributed by atoms with Crippen LogP contribution in [0.15, 0.2) is 0 Å². The highest BCUT2D eigenvalue weighted by molar-refractivity contribution is 5.73. The molecule has 9 heteroatoms. The molecule has 0 aromatic heterocycles. The summed E-state index contributed by atoms with van der Waals surface area (Å²) in [6.07, 6.45) is -4.03. The van der Waals surface area contributed by atoms with E-state index in [0.29, 0.717) is 0 Å². The van der Waals surface area contributed by atoms with Crippen molar-refractivity contribution in [3.05, 3.63) is 0 Å². The Bertz CT molecular complexity index is 276. The molecule has 0 radical (unpaired) electrons. The van der Waals surface area contributed by atoms with Crippen LogP contribution >= 0.6 is 0 Å². The highest BCUT2D eigenvalue weighted by Gasteiger charge is 2.38. The van der Waals surface area contributed by atoms with Crippen molar-refractivity contribution in [2.75, 3.05) is 33.2 Å². The Labute approximate surface area is 102 Å². The van der Waals surface area contributed by atoms with Gasteiger partial charge in [-0.25, -0.2) is 9.59 Å². The maximum Gasteiger partial charge on any atom is 0.490 e. The number of aliphatic carboxylic acids is 1. The minimum absolute atomic E-state index is 0.0358. The smallest absolute Gasteiger partial charge is 0.475 e. The van der Waals surface area contributed by atoms with E-state index in [-0.39, 0.29) is 6.03 Å². The quantitative estimate of drug-likeness (QED) is 0.590. The number of hydrogen-bond donors (Lipinski definition) is 3. The third-order valence-electron chi connectivity index (χ3n) is 2.08. The van der Waals surface area contributed by atoms with Gasteiger partial charge < -0.3 is 20.6 Å². The predicted octanol–water partition coefficient (Wildman–Crippen LogP) is 0.254. The highest BCUT2D eigenvalue weighted by atomic mass is 19.4. The van der Waals surface area contributed by atoms with Crippen LogP contribution in [0.3, 0.4) is 0 Å². The number of hydrogen-bond acceptors (Lipinski definition) is 3. The zero-order valence-electron chi connectivity index (χ0n) is 9.88. The van der Waals surface area contributed by atoms with Crippen LogP contribution in [0.25, 0.3) is 0 Å². The average molecular weight is 271 g/mol. The summed E-state index contributed by atoms with van der Waals surface area (Å²) in [4.78, 5) is 21.8. The summed E-state index contributed by atoms with van der Waals surface area (Å²) in [6, 6.07) is 0.0358. The maximum absolute atomic E-state index is 11.1. The van der Waals surface area contributed by atoms with Crippen LogP contribution in [0.2, 0.25) is 0 Å². The molecule has 3 N–H and O–H groups in total. The lowest BCUT2D eigenvalue weighted by Gasteiger charge is -2.18. The molecule has 0 atom stereocenters. The van der Waals surface area contributed by atoms with Crippen LogP contribution in [0.4, 0.5) is 18.0 Å². The standard InChI is InChI=1S/C7H15N3O.C2HF3O2/c1-8-7(11)10-5-2-3-9-4-6-10;3-2(4,5)1(6)7/h9H,2-6H2,1H3,(H,8,11);(H,6,7). The van der Waals surface area contributed by atoms with E-state index in [1.54, 1.807) is 7.05 Å². The first-order valence-corrected chi connectivity index (χ1v) is 5.26. The third-order valence-corrected chi connectivity index (χ3v) is 2.08. The molecule has 1 fully saturated rings. The van der Waals surface area contributed by atoms with Gasteiger partial charge in [-0.3, -0.25) is 0 Å². The number of halogens is 3. The van der Waals surface area contributed by atoms with E-state index in [4.69, 9.17) is 9.90 Å². The molecule has 1 heterocycles. The van der Waals surface area contributed by atoms with Crippen molar-refractivity contribution >= 4 is 12.0 Å². The van der Waals surface area contributed by atoms with Crippen molar-refractivity contribution in [1.82, 2.24) is 15.5 Å². The number of carboxylic acids is 1. The van der Waals surface area contributed by atoms with Crippen molar-refractivity contribution in [1.29, 1.82) is 0 Å². The largest absolute Gasteiger partial charge is 0.490 e. The van der Waals surface area contributed by atoms with Gasteiger partial charge in [-0.15, -0.1) is 0 Å². The Hall–Kier alpha value is -1.51. The molecule has 18 heavy (non-hydrogen) atoms. The molecule has 1 rings (SSSR count). The molecule has 0 saturated carbocycles. The lowest BCUT2D eigenvalue weighted by atomic mass is 10.4. The van der Waals surface area contributed by atoms with Gasteiger partial charge in [0.05, 0.1) is 0 Å². The van der Waals surface area contributed by atoms with E-state index in [0.717, 1.165) is 32.6 Å². The zero-order chi connectivity index (χ0) is 14.2. The summed E-state index contributed by atoms with van der Waals surface area (Å²) in [5.41, 5.74) is 0. The lowest BCUT2D eigenvalue weighted by Crippen LogP contribution is -2.40. The van der Waals surface area contributed by atoms with Gasteiger partial charge in [0.1, 0.15) is 0 Å². The van der Waals surface area contributed by atoms with Gasteiger partial charge in [-0.05, 0) is 13.0 Å². The van der Waals surface area contributed by atoms with Gasteiger partial charge in [-0.1, -0.05) is 0 Å². The van der Waals surface area contributed by atoms with Crippen molar-refractivity contribution in [3.8, 4) is 0 Å². The first-order chi connectivity index (χ1) is 8.29. The number of carboxylic acid groups (broad SMARTS) is 1. The zero-order valence-corrected chi connectivity index (χ0v) is 9.88. The van der Waals surface area contributed by atoms with E-state index >= 15 is 0 Å². The van der Waals surface area contributed by atoms with Crippen LogP contribution in [0.1, 0.15) is 6.42 Å². The van der Waals surface area contributed by atoms with E-state index in [2.05, 4.69) is 10.6 Å². The molecule has 0 spiro atoms. The van der Waals surface area contributed by atoms with Crippen LogP contribution < -0.4 is 10.6 Å². The number of carbonyl (C=O) groups is 2. The van der Waals surface area contributed by atoms with Gasteiger partial charge in [0.2, 0.25) is 0 Å². The maximum atomic E-state index is 11.1. The number of alkyl halides is 3.